The zero-order valence-corrected chi connectivity index (χ0v) is 49.7. The number of hydrogen-bond donors (Lipinski definition) is 4. The van der Waals surface area contributed by atoms with Crippen molar-refractivity contribution in [3.8, 4) is 5.69 Å². The molecule has 0 saturated carbocycles. The minimum absolute atomic E-state index is 0.0226. The molecule has 3 saturated heterocycles. The molecule has 442 valence electrons. The molecular formula is C56H93FN8O12S. The van der Waals surface area contributed by atoms with Crippen molar-refractivity contribution < 1.29 is 62.8 Å². The first kappa shape index (κ1) is 63.9. The maximum atomic E-state index is 15.0. The molecule has 22 heteroatoms. The van der Waals surface area contributed by atoms with Crippen molar-refractivity contribution in [1.82, 2.24) is 39.8 Å². The van der Waals surface area contributed by atoms with Gasteiger partial charge in [0.05, 0.1) is 64.8 Å². The van der Waals surface area contributed by atoms with Crippen LogP contribution in [0.15, 0.2) is 36.7 Å². The number of hydrogen-bond acceptors (Lipinski definition) is 19. The highest BCUT2D eigenvalue weighted by Gasteiger charge is 2.52. The Morgan fingerprint density at radius 3 is 2.24 bits per heavy atom. The predicted molar refractivity (Wildman–Crippen MR) is 293 cm³/mol. The second-order valence-corrected chi connectivity index (χ2v) is 24.6. The quantitative estimate of drug-likeness (QED) is 0.103. The van der Waals surface area contributed by atoms with Gasteiger partial charge in [-0.2, -0.15) is 11.8 Å². The summed E-state index contributed by atoms with van der Waals surface area (Å²) in [4.78, 5) is 18.7. The number of aliphatic hydroxyl groups is 4. The number of ether oxygens (including phenoxy) is 7. The Balaban J connectivity index is 1.21. The standard InChI is InChI=1S/C56H93FN8O12S/c1-16-45-56(11,70)50(66)37(7)63(13)29-33(3)26-54(9,69)52(35(5)48(36(6)53(68)75-45)76-47-27-55(10,72-15)51(67)38(8)74-47)77-46-25-43(24-34(4)73-46)62(12)23-22-40-30-65(61-58-40)44(28-57)49(71-14)39-18-20-42(21-19-39)64-31-41(59-60-64)32-78-17-2/h18-21,30-31,33-38,43-52,66-67,69-70H,16-17,22-29,32H2,1-15H3/t33-,34-,35+,36-,37-,38+,43+,44-,45-,46+,47+,48+,49-,50-,51+,52-,54-,55-,56-/m1/s1. The van der Waals surface area contributed by atoms with E-state index in [4.69, 9.17) is 33.2 Å². The third-order valence-corrected chi connectivity index (χ3v) is 17.8. The maximum Gasteiger partial charge on any atom is 0.311 e. The van der Waals surface area contributed by atoms with E-state index in [0.717, 1.165) is 28.5 Å². The fourth-order valence-electron chi connectivity index (χ4n) is 12.0. The summed E-state index contributed by atoms with van der Waals surface area (Å²) in [5.74, 6) is -0.804. The number of nitrogens with zero attached hydrogens (tertiary/aromatic N) is 8. The Bertz CT molecular complexity index is 2320. The topological polar surface area (TPSA) is 230 Å². The average molecular weight is 1120 g/mol. The van der Waals surface area contributed by atoms with E-state index < -0.39 is 109 Å². The van der Waals surface area contributed by atoms with Gasteiger partial charge >= 0.3 is 5.97 Å². The molecule has 0 amide bonds. The summed E-state index contributed by atoms with van der Waals surface area (Å²) in [6.45, 7) is 20.3. The van der Waals surface area contributed by atoms with Crippen LogP contribution in [0.1, 0.15) is 137 Å². The first-order chi connectivity index (χ1) is 36.8. The van der Waals surface area contributed by atoms with Gasteiger partial charge in [0, 0.05) is 76.5 Å². The minimum atomic E-state index is -1.82. The number of aromatic nitrogens is 6. The number of methoxy groups -OCH3 is 2. The summed E-state index contributed by atoms with van der Waals surface area (Å²) in [5.41, 5.74) is -1.22. The van der Waals surface area contributed by atoms with E-state index in [2.05, 4.69) is 32.4 Å². The van der Waals surface area contributed by atoms with Gasteiger partial charge in [-0.05, 0) is 111 Å². The minimum Gasteiger partial charge on any atom is -0.459 e. The maximum absolute atomic E-state index is 15.0. The van der Waals surface area contributed by atoms with Crippen molar-refractivity contribution in [3.63, 3.8) is 0 Å². The molecule has 0 spiro atoms. The van der Waals surface area contributed by atoms with Gasteiger partial charge in [0.1, 0.15) is 42.7 Å². The summed E-state index contributed by atoms with van der Waals surface area (Å²) in [7, 11) is 6.97. The van der Waals surface area contributed by atoms with E-state index in [0.29, 0.717) is 38.0 Å². The van der Waals surface area contributed by atoms with E-state index in [-0.39, 0.29) is 37.3 Å². The van der Waals surface area contributed by atoms with Crippen LogP contribution in [0.25, 0.3) is 5.69 Å². The molecule has 2 aromatic heterocycles. The Hall–Kier alpha value is -3.23. The molecule has 1 aromatic carbocycles. The van der Waals surface area contributed by atoms with Crippen LogP contribution < -0.4 is 0 Å². The van der Waals surface area contributed by atoms with Gasteiger partial charge in [-0.25, -0.2) is 13.8 Å². The SMILES string of the molecule is CCSCc1cn(-c2ccc([C@@H](OC)[C@@H](CF)n3cc(CCN(C)[C@@H]4C[C@H](O[C@@H]5[C@@H](C)[C@H](O[C@H]6C[C@@](C)(OC)[C@@H](O)[C@H](C)O6)[C@@H](C)C(=O)O[C@H](CC)[C@@](C)(O)[C@H](O)[C@@H](C)N(C)C[C@H](C)C[C@@]5(C)O)O[C@H](C)C4)nn3)cc2)nn1. The lowest BCUT2D eigenvalue weighted by Crippen LogP contribution is -2.59. The smallest absolute Gasteiger partial charge is 0.311 e. The summed E-state index contributed by atoms with van der Waals surface area (Å²) >= 11 is 1.78. The number of cyclic esters (lactones) is 1. The molecule has 5 heterocycles. The number of carbonyl (C=O) groups is 1. The molecule has 3 fully saturated rings. The molecule has 3 aromatic rings. The van der Waals surface area contributed by atoms with Crippen molar-refractivity contribution in [1.29, 1.82) is 0 Å². The van der Waals surface area contributed by atoms with Gasteiger partial charge < -0.3 is 63.4 Å². The Kier molecular flexibility index (Phi) is 22.7. The Labute approximate surface area is 466 Å². The highest BCUT2D eigenvalue weighted by molar-refractivity contribution is 7.98. The molecule has 0 radical (unpaired) electrons. The number of alkyl halides is 1. The van der Waals surface area contributed by atoms with Crippen molar-refractivity contribution in [2.45, 2.75) is 217 Å². The van der Waals surface area contributed by atoms with Crippen LogP contribution >= 0.6 is 11.8 Å². The van der Waals surface area contributed by atoms with Crippen molar-refractivity contribution >= 4 is 17.7 Å². The lowest BCUT2D eigenvalue weighted by Gasteiger charge is -2.48. The molecule has 20 nitrogen and oxygen atoms in total. The number of esters is 1. The molecule has 19 atom stereocenters. The fraction of sp³-hybridized carbons (Fsp3) is 0.804. The van der Waals surface area contributed by atoms with Crippen LogP contribution in [0.4, 0.5) is 4.39 Å². The Morgan fingerprint density at radius 2 is 1.60 bits per heavy atom. The van der Waals surface area contributed by atoms with E-state index in [1.54, 1.807) is 69.1 Å². The number of likely N-dealkylation sites (N-methyl/N-ethyl adjacent to an activating group) is 2. The molecule has 78 heavy (non-hydrogen) atoms. The van der Waals surface area contributed by atoms with E-state index in [1.165, 1.54) is 14.0 Å². The van der Waals surface area contributed by atoms with E-state index >= 15 is 0 Å². The van der Waals surface area contributed by atoms with E-state index in [1.807, 2.05) is 77.2 Å². The first-order valence-corrected chi connectivity index (χ1v) is 29.1. The molecule has 0 unspecified atom stereocenters. The largest absolute Gasteiger partial charge is 0.459 e. The number of thioether (sulfide) groups is 1. The molecule has 3 aliphatic rings. The van der Waals surface area contributed by atoms with Gasteiger partial charge in [0.25, 0.3) is 0 Å². The molecule has 6 rings (SSSR count). The number of rotatable bonds is 19. The van der Waals surface area contributed by atoms with Gasteiger partial charge in [-0.1, -0.05) is 50.3 Å². The lowest BCUT2D eigenvalue weighted by atomic mass is 9.77. The highest BCUT2D eigenvalue weighted by atomic mass is 32.2. The second kappa shape index (κ2) is 27.7. The fourth-order valence-corrected chi connectivity index (χ4v) is 12.5. The number of carbonyl (C=O) groups excluding carboxylic acids is 1. The number of aliphatic hydroxyl groups excluding tert-OH is 2. The zero-order valence-electron chi connectivity index (χ0n) is 48.9. The van der Waals surface area contributed by atoms with Gasteiger partial charge in [-0.3, -0.25) is 4.79 Å². The molecule has 4 N–H and O–H groups in total. The number of halogens is 1. The van der Waals surface area contributed by atoms with Crippen LogP contribution in [0, 0.1) is 17.8 Å². The molecule has 0 bridgehead atoms. The molecule has 3 aliphatic heterocycles. The molecule has 0 aliphatic carbocycles. The van der Waals surface area contributed by atoms with Gasteiger partial charge in [0.15, 0.2) is 12.6 Å². The van der Waals surface area contributed by atoms with Crippen molar-refractivity contribution in [3.05, 3.63) is 53.6 Å². The monoisotopic (exact) mass is 1120 g/mol. The normalized spacial score (nSPS) is 36.9. The zero-order chi connectivity index (χ0) is 57.4. The van der Waals surface area contributed by atoms with Gasteiger partial charge in [0.2, 0.25) is 0 Å². The number of benzene rings is 1. The van der Waals surface area contributed by atoms with Crippen molar-refractivity contribution in [2.75, 3.05) is 53.8 Å². The molecular weight excluding hydrogens is 1030 g/mol. The van der Waals surface area contributed by atoms with E-state index in [9.17, 15) is 29.6 Å². The van der Waals surface area contributed by atoms with Crippen LogP contribution in [0.2, 0.25) is 0 Å². The lowest BCUT2D eigenvalue weighted by molar-refractivity contribution is -0.308. The van der Waals surface area contributed by atoms with Gasteiger partial charge in [-0.15, -0.1) is 10.2 Å². The van der Waals surface area contributed by atoms with Crippen LogP contribution in [0.3, 0.4) is 0 Å². The summed E-state index contributed by atoms with van der Waals surface area (Å²) in [5, 5.41) is 65.0. The third-order valence-electron chi connectivity index (χ3n) is 16.9. The first-order valence-electron chi connectivity index (χ1n) is 28.0. The summed E-state index contributed by atoms with van der Waals surface area (Å²) in [6.07, 6.45) is -2.74. The van der Waals surface area contributed by atoms with Crippen molar-refractivity contribution in [2.24, 2.45) is 17.8 Å². The van der Waals surface area contributed by atoms with Crippen LogP contribution in [-0.2, 0) is 50.1 Å². The third kappa shape index (κ3) is 15.3. The summed E-state index contributed by atoms with van der Waals surface area (Å²) in [6, 6.07) is 6.28. The predicted octanol–water partition coefficient (Wildman–Crippen LogP) is 5.87. The average Bonchev–Trinajstić information content (AvgIpc) is 4.11. The summed E-state index contributed by atoms with van der Waals surface area (Å²) < 4.78 is 62.9. The van der Waals surface area contributed by atoms with Crippen LogP contribution in [0.5, 0.6) is 0 Å². The highest BCUT2D eigenvalue weighted by Crippen LogP contribution is 2.41. The Morgan fingerprint density at radius 1 is 0.910 bits per heavy atom. The second-order valence-electron chi connectivity index (χ2n) is 23.3. The van der Waals surface area contributed by atoms with Crippen LogP contribution in [-0.4, -0.2) is 204 Å².